The highest BCUT2D eigenvalue weighted by molar-refractivity contribution is 5.90. The number of benzene rings is 2. The zero-order valence-corrected chi connectivity index (χ0v) is 14.2. The van der Waals surface area contributed by atoms with E-state index in [0.29, 0.717) is 16.6 Å². The molecule has 0 saturated carbocycles. The molecule has 2 amide bonds. The van der Waals surface area contributed by atoms with Crippen molar-refractivity contribution in [3.63, 3.8) is 0 Å². The van der Waals surface area contributed by atoms with Crippen LogP contribution in [-0.4, -0.2) is 23.0 Å². The van der Waals surface area contributed by atoms with Gasteiger partial charge in [0.25, 0.3) is 5.56 Å². The molecule has 26 heavy (non-hydrogen) atoms. The maximum absolute atomic E-state index is 13.5. The molecule has 1 atom stereocenters. The van der Waals surface area contributed by atoms with Gasteiger partial charge in [0, 0.05) is 18.9 Å². The summed E-state index contributed by atoms with van der Waals surface area (Å²) in [6, 6.07) is 8.60. The minimum absolute atomic E-state index is 0.224. The van der Waals surface area contributed by atoms with E-state index in [1.54, 1.807) is 14.0 Å². The summed E-state index contributed by atoms with van der Waals surface area (Å²) in [5.74, 6) is -0.896. The number of hydrogen-bond donors (Lipinski definition) is 2. The predicted molar refractivity (Wildman–Crippen MR) is 96.1 cm³/mol. The van der Waals surface area contributed by atoms with E-state index in [1.165, 1.54) is 53.6 Å². The number of carbonyl (C=O) groups excluding carboxylic acids is 1. The van der Waals surface area contributed by atoms with Gasteiger partial charge in [0.1, 0.15) is 11.6 Å². The van der Waals surface area contributed by atoms with Crippen molar-refractivity contribution in [3.8, 4) is 0 Å². The van der Waals surface area contributed by atoms with Crippen molar-refractivity contribution in [1.82, 2.24) is 9.88 Å². The van der Waals surface area contributed by atoms with Gasteiger partial charge in [-0.1, -0.05) is 6.07 Å². The quantitative estimate of drug-likeness (QED) is 0.743. The van der Waals surface area contributed by atoms with Gasteiger partial charge >= 0.3 is 6.03 Å². The SMILES string of the molecule is C[C@H](c1c[nH]c(=O)c2cc(F)ccc12)N(C)C(=O)Nc1ccc(F)cc1. The Morgan fingerprint density at radius 1 is 1.08 bits per heavy atom. The lowest BCUT2D eigenvalue weighted by atomic mass is 10.0. The van der Waals surface area contributed by atoms with Crippen molar-refractivity contribution < 1.29 is 13.6 Å². The van der Waals surface area contributed by atoms with Crippen molar-refractivity contribution in [2.75, 3.05) is 12.4 Å². The Kier molecular flexibility index (Phi) is 4.71. The summed E-state index contributed by atoms with van der Waals surface area (Å²) in [5, 5.41) is 3.47. The van der Waals surface area contributed by atoms with Crippen molar-refractivity contribution in [2.24, 2.45) is 0 Å². The standard InChI is InChI=1S/C19H17F2N3O2/c1-11(24(2)19(26)23-14-6-3-12(20)4-7-14)17-10-22-18(25)16-9-13(21)5-8-15(16)17/h3-11H,1-2H3,(H,22,25)(H,23,26)/t11-/m1/s1. The Hall–Kier alpha value is -3.22. The molecule has 0 aliphatic heterocycles. The number of amides is 2. The first kappa shape index (κ1) is 17.6. The lowest BCUT2D eigenvalue weighted by Gasteiger charge is -2.26. The number of aromatic amines is 1. The number of carbonyl (C=O) groups is 1. The minimum atomic E-state index is -0.504. The number of H-pyrrole nitrogens is 1. The summed E-state index contributed by atoms with van der Waals surface area (Å²) >= 11 is 0. The first-order valence-corrected chi connectivity index (χ1v) is 7.97. The fraction of sp³-hybridized carbons (Fsp3) is 0.158. The van der Waals surface area contributed by atoms with Crippen LogP contribution in [0.1, 0.15) is 18.5 Å². The number of urea groups is 1. The number of nitrogens with zero attached hydrogens (tertiary/aromatic N) is 1. The fourth-order valence-electron chi connectivity index (χ4n) is 2.73. The average Bonchev–Trinajstić information content (AvgIpc) is 2.63. The van der Waals surface area contributed by atoms with Gasteiger partial charge in [-0.25, -0.2) is 13.6 Å². The van der Waals surface area contributed by atoms with Gasteiger partial charge < -0.3 is 15.2 Å². The first-order chi connectivity index (χ1) is 12.4. The molecule has 5 nitrogen and oxygen atoms in total. The maximum Gasteiger partial charge on any atom is 0.322 e. The van der Waals surface area contributed by atoms with Crippen LogP contribution in [-0.2, 0) is 0 Å². The zero-order chi connectivity index (χ0) is 18.8. The van der Waals surface area contributed by atoms with Crippen molar-refractivity contribution >= 4 is 22.5 Å². The van der Waals surface area contributed by atoms with Gasteiger partial charge in [0.05, 0.1) is 11.4 Å². The molecule has 134 valence electrons. The van der Waals surface area contributed by atoms with Crippen LogP contribution in [0.3, 0.4) is 0 Å². The van der Waals surface area contributed by atoms with E-state index in [2.05, 4.69) is 10.3 Å². The highest BCUT2D eigenvalue weighted by atomic mass is 19.1. The molecule has 0 saturated heterocycles. The molecule has 1 aromatic heterocycles. The molecular formula is C19H17F2N3O2. The summed E-state index contributed by atoms with van der Waals surface area (Å²) in [6.45, 7) is 1.79. The number of hydrogen-bond acceptors (Lipinski definition) is 2. The Morgan fingerprint density at radius 3 is 2.42 bits per heavy atom. The Bertz CT molecular complexity index is 1020. The smallest absolute Gasteiger partial charge is 0.322 e. The summed E-state index contributed by atoms with van der Waals surface area (Å²) in [7, 11) is 1.60. The van der Waals surface area contributed by atoms with E-state index in [1.807, 2.05) is 0 Å². The molecule has 0 unspecified atom stereocenters. The van der Waals surface area contributed by atoms with Gasteiger partial charge in [-0.15, -0.1) is 0 Å². The third kappa shape index (κ3) is 3.42. The zero-order valence-electron chi connectivity index (χ0n) is 14.2. The lowest BCUT2D eigenvalue weighted by Crippen LogP contribution is -2.34. The molecular weight excluding hydrogens is 340 g/mol. The van der Waals surface area contributed by atoms with Gasteiger partial charge in [-0.3, -0.25) is 4.79 Å². The Labute approximate surface area is 148 Å². The third-order valence-electron chi connectivity index (χ3n) is 4.34. The highest BCUT2D eigenvalue weighted by Gasteiger charge is 2.20. The van der Waals surface area contributed by atoms with E-state index < -0.39 is 29.3 Å². The van der Waals surface area contributed by atoms with E-state index in [0.717, 1.165) is 0 Å². The second-order valence-electron chi connectivity index (χ2n) is 5.99. The second-order valence-corrected chi connectivity index (χ2v) is 5.99. The third-order valence-corrected chi connectivity index (χ3v) is 4.34. The molecule has 0 fully saturated rings. The number of halogens is 2. The van der Waals surface area contributed by atoms with Gasteiger partial charge in [0.15, 0.2) is 0 Å². The van der Waals surface area contributed by atoms with Crippen molar-refractivity contribution in [1.29, 1.82) is 0 Å². The van der Waals surface area contributed by atoms with Crippen molar-refractivity contribution in [2.45, 2.75) is 13.0 Å². The predicted octanol–water partition coefficient (Wildman–Crippen LogP) is 4.03. The molecule has 0 spiro atoms. The molecule has 3 aromatic rings. The van der Waals surface area contributed by atoms with Crippen molar-refractivity contribution in [3.05, 3.63) is 76.2 Å². The number of pyridine rings is 1. The molecule has 0 aliphatic rings. The van der Waals surface area contributed by atoms with Crippen LogP contribution < -0.4 is 10.9 Å². The molecule has 3 rings (SSSR count). The average molecular weight is 357 g/mol. The summed E-state index contributed by atoms with van der Waals surface area (Å²) in [6.07, 6.45) is 1.52. The largest absolute Gasteiger partial charge is 0.328 e. The highest BCUT2D eigenvalue weighted by Crippen LogP contribution is 2.26. The molecule has 2 aromatic carbocycles. The molecule has 7 heteroatoms. The van der Waals surface area contributed by atoms with Crippen LogP contribution in [0.15, 0.2) is 53.5 Å². The van der Waals surface area contributed by atoms with Crippen LogP contribution in [0, 0.1) is 11.6 Å². The van der Waals surface area contributed by atoms with Crippen LogP contribution in [0.4, 0.5) is 19.3 Å². The Balaban J connectivity index is 1.88. The van der Waals surface area contributed by atoms with Crippen LogP contribution in [0.2, 0.25) is 0 Å². The van der Waals surface area contributed by atoms with Gasteiger partial charge in [-0.05, 0) is 54.3 Å². The molecule has 0 radical (unpaired) electrons. The Morgan fingerprint density at radius 2 is 1.73 bits per heavy atom. The summed E-state index contributed by atoms with van der Waals surface area (Å²) in [5.41, 5.74) is 0.745. The number of fused-ring (bicyclic) bond motifs is 1. The monoisotopic (exact) mass is 357 g/mol. The maximum atomic E-state index is 13.5. The normalized spacial score (nSPS) is 12.0. The second kappa shape index (κ2) is 6.95. The molecule has 2 N–H and O–H groups in total. The van der Waals surface area contributed by atoms with Crippen LogP contribution in [0.5, 0.6) is 0 Å². The summed E-state index contributed by atoms with van der Waals surface area (Å²) < 4.78 is 26.4. The van der Waals surface area contributed by atoms with Gasteiger partial charge in [-0.2, -0.15) is 0 Å². The summed E-state index contributed by atoms with van der Waals surface area (Å²) in [4.78, 5) is 28.4. The van der Waals surface area contributed by atoms with E-state index in [-0.39, 0.29) is 5.39 Å². The number of anilines is 1. The number of aromatic nitrogens is 1. The number of rotatable bonds is 3. The van der Waals surface area contributed by atoms with E-state index in [9.17, 15) is 18.4 Å². The minimum Gasteiger partial charge on any atom is -0.328 e. The van der Waals surface area contributed by atoms with Crippen LogP contribution >= 0.6 is 0 Å². The lowest BCUT2D eigenvalue weighted by molar-refractivity contribution is 0.208. The molecule has 1 heterocycles. The molecule has 0 bridgehead atoms. The molecule has 0 aliphatic carbocycles. The van der Waals surface area contributed by atoms with Gasteiger partial charge in [0.2, 0.25) is 0 Å². The fourth-order valence-corrected chi connectivity index (χ4v) is 2.73. The van der Waals surface area contributed by atoms with E-state index in [4.69, 9.17) is 0 Å². The number of nitrogens with one attached hydrogen (secondary N) is 2. The van der Waals surface area contributed by atoms with E-state index >= 15 is 0 Å². The first-order valence-electron chi connectivity index (χ1n) is 7.97. The topological polar surface area (TPSA) is 65.2 Å². The van der Waals surface area contributed by atoms with Crippen LogP contribution in [0.25, 0.3) is 10.8 Å².